The molecule has 1 aromatic carbocycles. The number of likely N-dealkylation sites (tertiary alicyclic amines) is 1. The zero-order valence-corrected chi connectivity index (χ0v) is 12.4. The highest BCUT2D eigenvalue weighted by molar-refractivity contribution is 6.30. The predicted molar refractivity (Wildman–Crippen MR) is 80.4 cm³/mol. The van der Waals surface area contributed by atoms with Crippen molar-refractivity contribution in [2.24, 2.45) is 11.7 Å². The normalized spacial score (nSPS) is 22.3. The summed E-state index contributed by atoms with van der Waals surface area (Å²) in [5.74, 6) is 0.642. The molecule has 1 heterocycles. The van der Waals surface area contributed by atoms with Gasteiger partial charge in [-0.05, 0) is 49.9 Å². The third-order valence-electron chi connectivity index (χ3n) is 3.58. The van der Waals surface area contributed by atoms with E-state index in [0.29, 0.717) is 12.0 Å². The molecule has 102 valence electrons. The molecule has 1 aliphatic rings. The fourth-order valence-electron chi connectivity index (χ4n) is 2.56. The van der Waals surface area contributed by atoms with Gasteiger partial charge in [0.15, 0.2) is 0 Å². The molecule has 2 unspecified atom stereocenters. The van der Waals surface area contributed by atoms with Crippen molar-refractivity contribution in [3.05, 3.63) is 34.9 Å². The van der Waals surface area contributed by atoms with E-state index in [1.165, 1.54) is 24.9 Å². The fourth-order valence-corrected chi connectivity index (χ4v) is 2.77. The largest absolute Gasteiger partial charge is 0.328 e. The number of benzene rings is 1. The molecule has 1 aromatic rings. The molecule has 2 atom stereocenters. The van der Waals surface area contributed by atoms with E-state index in [9.17, 15) is 0 Å². The quantitative estimate of drug-likeness (QED) is 0.925. The third kappa shape index (κ3) is 4.43. The van der Waals surface area contributed by atoms with Crippen LogP contribution in [0, 0.1) is 5.92 Å². The van der Waals surface area contributed by atoms with Gasteiger partial charge in [0.05, 0.1) is 0 Å². The average Bonchev–Trinajstić information content (AvgIpc) is 2.29. The summed E-state index contributed by atoms with van der Waals surface area (Å²) in [6, 6.07) is 8.44. The van der Waals surface area contributed by atoms with Crippen molar-refractivity contribution in [2.45, 2.75) is 32.4 Å². The van der Waals surface area contributed by atoms with E-state index in [1.807, 2.05) is 12.1 Å². The first kappa shape index (κ1) is 15.8. The van der Waals surface area contributed by atoms with Gasteiger partial charge in [0.2, 0.25) is 0 Å². The van der Waals surface area contributed by atoms with Gasteiger partial charge >= 0.3 is 0 Å². The molecule has 1 fully saturated rings. The molecule has 18 heavy (non-hydrogen) atoms. The minimum atomic E-state index is 0. The molecule has 0 bridgehead atoms. The Bertz CT molecular complexity index is 369. The molecule has 1 aliphatic heterocycles. The second-order valence-corrected chi connectivity index (χ2v) is 5.56. The van der Waals surface area contributed by atoms with Crippen LogP contribution in [0.15, 0.2) is 24.3 Å². The summed E-state index contributed by atoms with van der Waals surface area (Å²) in [5.41, 5.74) is 7.29. The molecular formula is C14H22Cl2N2. The molecule has 2 rings (SSSR count). The highest BCUT2D eigenvalue weighted by Crippen LogP contribution is 2.21. The monoisotopic (exact) mass is 288 g/mol. The summed E-state index contributed by atoms with van der Waals surface area (Å²) in [7, 11) is 0. The SMILES string of the molecule is CC(N)C1CCCN(Cc2cccc(Cl)c2)C1.Cl. The summed E-state index contributed by atoms with van der Waals surface area (Å²) in [5, 5.41) is 0.822. The Balaban J connectivity index is 0.00000162. The van der Waals surface area contributed by atoms with Crippen molar-refractivity contribution in [1.82, 2.24) is 4.90 Å². The maximum absolute atomic E-state index is 6.00. The second kappa shape index (κ2) is 7.34. The predicted octanol–water partition coefficient (Wildman–Crippen LogP) is 3.32. The molecule has 0 saturated carbocycles. The standard InChI is InChI=1S/C14H21ClN2.ClH/c1-11(16)13-5-3-7-17(10-13)9-12-4-2-6-14(15)8-12;/h2,4,6,8,11,13H,3,5,7,9-10,16H2,1H3;1H. The molecule has 0 radical (unpaired) electrons. The van der Waals surface area contributed by atoms with Crippen LogP contribution in [0.4, 0.5) is 0 Å². The summed E-state index contributed by atoms with van der Waals surface area (Å²) >= 11 is 6.00. The minimum absolute atomic E-state index is 0. The lowest BCUT2D eigenvalue weighted by atomic mass is 9.92. The van der Waals surface area contributed by atoms with Crippen LogP contribution in [0.1, 0.15) is 25.3 Å². The first-order chi connectivity index (χ1) is 8.15. The first-order valence-electron chi connectivity index (χ1n) is 6.37. The number of rotatable bonds is 3. The number of piperidine rings is 1. The van der Waals surface area contributed by atoms with Crippen molar-refractivity contribution in [3.63, 3.8) is 0 Å². The van der Waals surface area contributed by atoms with Crippen LogP contribution in [0.2, 0.25) is 5.02 Å². The van der Waals surface area contributed by atoms with E-state index in [2.05, 4.69) is 24.0 Å². The van der Waals surface area contributed by atoms with Crippen molar-refractivity contribution in [2.75, 3.05) is 13.1 Å². The van der Waals surface area contributed by atoms with E-state index >= 15 is 0 Å². The van der Waals surface area contributed by atoms with Crippen molar-refractivity contribution in [1.29, 1.82) is 0 Å². The van der Waals surface area contributed by atoms with Crippen LogP contribution in [0.3, 0.4) is 0 Å². The zero-order chi connectivity index (χ0) is 12.3. The van der Waals surface area contributed by atoms with Gasteiger partial charge in [0.25, 0.3) is 0 Å². The zero-order valence-electron chi connectivity index (χ0n) is 10.8. The average molecular weight is 289 g/mol. The Morgan fingerprint density at radius 3 is 2.94 bits per heavy atom. The maximum atomic E-state index is 6.00. The molecule has 0 amide bonds. The molecule has 0 aromatic heterocycles. The van der Waals surface area contributed by atoms with E-state index in [-0.39, 0.29) is 12.4 Å². The molecule has 4 heteroatoms. The van der Waals surface area contributed by atoms with Gasteiger partial charge in [-0.2, -0.15) is 0 Å². The molecule has 1 saturated heterocycles. The van der Waals surface area contributed by atoms with Crippen molar-refractivity contribution in [3.8, 4) is 0 Å². The van der Waals surface area contributed by atoms with E-state index in [1.54, 1.807) is 0 Å². The van der Waals surface area contributed by atoms with Crippen LogP contribution < -0.4 is 5.73 Å². The lowest BCUT2D eigenvalue weighted by molar-refractivity contribution is 0.154. The summed E-state index contributed by atoms with van der Waals surface area (Å²) in [6.45, 7) is 5.40. The maximum Gasteiger partial charge on any atom is 0.0409 e. The van der Waals surface area contributed by atoms with Crippen molar-refractivity contribution < 1.29 is 0 Å². The Morgan fingerprint density at radius 1 is 1.50 bits per heavy atom. The van der Waals surface area contributed by atoms with E-state index in [4.69, 9.17) is 17.3 Å². The topological polar surface area (TPSA) is 29.3 Å². The highest BCUT2D eigenvalue weighted by Gasteiger charge is 2.22. The molecule has 0 aliphatic carbocycles. The second-order valence-electron chi connectivity index (χ2n) is 5.13. The van der Waals surface area contributed by atoms with Gasteiger partial charge in [0, 0.05) is 24.2 Å². The van der Waals surface area contributed by atoms with E-state index < -0.39 is 0 Å². The molecular weight excluding hydrogens is 267 g/mol. The first-order valence-corrected chi connectivity index (χ1v) is 6.75. The number of nitrogens with zero attached hydrogens (tertiary/aromatic N) is 1. The Hall–Kier alpha value is -0.280. The van der Waals surface area contributed by atoms with Gasteiger partial charge in [-0.1, -0.05) is 23.7 Å². The molecule has 0 spiro atoms. The number of hydrogen-bond donors (Lipinski definition) is 1. The number of halogens is 2. The Labute approximate surface area is 121 Å². The molecule has 2 nitrogen and oxygen atoms in total. The van der Waals surface area contributed by atoms with Crippen molar-refractivity contribution >= 4 is 24.0 Å². The molecule has 2 N–H and O–H groups in total. The van der Waals surface area contributed by atoms with Crippen LogP contribution >= 0.6 is 24.0 Å². The highest BCUT2D eigenvalue weighted by atomic mass is 35.5. The van der Waals surface area contributed by atoms with E-state index in [0.717, 1.165) is 18.1 Å². The minimum Gasteiger partial charge on any atom is -0.328 e. The van der Waals surface area contributed by atoms with Crippen LogP contribution in [-0.2, 0) is 6.54 Å². The fraction of sp³-hybridized carbons (Fsp3) is 0.571. The van der Waals surface area contributed by atoms with Crippen LogP contribution in [0.25, 0.3) is 0 Å². The van der Waals surface area contributed by atoms with Gasteiger partial charge in [-0.25, -0.2) is 0 Å². The summed E-state index contributed by atoms with van der Waals surface area (Å²) in [6.07, 6.45) is 2.52. The van der Waals surface area contributed by atoms with Crippen LogP contribution in [-0.4, -0.2) is 24.0 Å². The number of nitrogens with two attached hydrogens (primary N) is 1. The lowest BCUT2D eigenvalue weighted by Gasteiger charge is -2.34. The Morgan fingerprint density at radius 2 is 2.28 bits per heavy atom. The summed E-state index contributed by atoms with van der Waals surface area (Å²) in [4.78, 5) is 2.49. The van der Waals surface area contributed by atoms with Gasteiger partial charge < -0.3 is 5.73 Å². The number of hydrogen-bond acceptors (Lipinski definition) is 2. The third-order valence-corrected chi connectivity index (χ3v) is 3.82. The Kier molecular flexibility index (Phi) is 6.44. The lowest BCUT2D eigenvalue weighted by Crippen LogP contribution is -2.41. The smallest absolute Gasteiger partial charge is 0.0409 e. The van der Waals surface area contributed by atoms with Gasteiger partial charge in [0.1, 0.15) is 0 Å². The van der Waals surface area contributed by atoms with Crippen LogP contribution in [0.5, 0.6) is 0 Å². The van der Waals surface area contributed by atoms with Gasteiger partial charge in [-0.3, -0.25) is 4.90 Å². The summed E-state index contributed by atoms with van der Waals surface area (Å²) < 4.78 is 0. The van der Waals surface area contributed by atoms with Gasteiger partial charge in [-0.15, -0.1) is 12.4 Å².